The van der Waals surface area contributed by atoms with Gasteiger partial charge in [-0.15, -0.1) is 0 Å². The van der Waals surface area contributed by atoms with Crippen LogP contribution in [0.25, 0.3) is 0 Å². The summed E-state index contributed by atoms with van der Waals surface area (Å²) in [5, 5.41) is 0. The molecule has 0 aliphatic carbocycles. The van der Waals surface area contributed by atoms with E-state index in [0.717, 1.165) is 24.2 Å². The van der Waals surface area contributed by atoms with Gasteiger partial charge in [0, 0.05) is 31.3 Å². The number of aromatic nitrogens is 1. The Morgan fingerprint density at radius 2 is 2.30 bits per heavy atom. The number of aryl methyl sites for hydroxylation is 1. The van der Waals surface area contributed by atoms with Gasteiger partial charge in [-0.25, -0.2) is 4.98 Å². The zero-order valence-corrected chi connectivity index (χ0v) is 13.6. The van der Waals surface area contributed by atoms with Crippen LogP contribution in [0.3, 0.4) is 0 Å². The zero-order chi connectivity index (χ0) is 16.2. The average Bonchev–Trinajstić information content (AvgIpc) is 2.89. The van der Waals surface area contributed by atoms with Gasteiger partial charge in [0.2, 0.25) is 5.88 Å². The van der Waals surface area contributed by atoms with Gasteiger partial charge in [0.25, 0.3) is 5.91 Å². The third-order valence-corrected chi connectivity index (χ3v) is 3.87. The monoisotopic (exact) mass is 314 g/mol. The van der Waals surface area contributed by atoms with Gasteiger partial charge >= 0.3 is 0 Å². The summed E-state index contributed by atoms with van der Waals surface area (Å²) in [4.78, 5) is 19.0. The van der Waals surface area contributed by atoms with E-state index in [9.17, 15) is 4.79 Å². The molecule has 0 saturated carbocycles. The van der Waals surface area contributed by atoms with Gasteiger partial charge in [-0.05, 0) is 30.5 Å². The Hall–Kier alpha value is -2.30. The Balaban J connectivity index is 1.80. The van der Waals surface area contributed by atoms with Gasteiger partial charge in [-0.2, -0.15) is 0 Å². The standard InChI is InChI=1S/C18H22N2O3/c1-13(2)12-23-17-15(5-3-8-19-17)18(21)20-9-4-6-16-14(11-20)7-10-22-16/h3,5,7-8,10,13H,4,6,9,11-12H2,1-2H3. The molecule has 0 fully saturated rings. The van der Waals surface area contributed by atoms with E-state index < -0.39 is 0 Å². The largest absolute Gasteiger partial charge is 0.477 e. The first-order valence-corrected chi connectivity index (χ1v) is 8.07. The van der Waals surface area contributed by atoms with Crippen molar-refractivity contribution in [1.29, 1.82) is 0 Å². The fraction of sp³-hybridized carbons (Fsp3) is 0.444. The molecule has 3 rings (SSSR count). The van der Waals surface area contributed by atoms with E-state index in [1.807, 2.05) is 11.0 Å². The summed E-state index contributed by atoms with van der Waals surface area (Å²) in [5.41, 5.74) is 1.62. The maximum atomic E-state index is 12.9. The van der Waals surface area contributed by atoms with Crippen LogP contribution in [0.15, 0.2) is 35.1 Å². The van der Waals surface area contributed by atoms with E-state index in [-0.39, 0.29) is 5.91 Å². The molecule has 0 spiro atoms. The normalized spacial score (nSPS) is 14.5. The minimum atomic E-state index is -0.0362. The number of hydrogen-bond donors (Lipinski definition) is 0. The number of ether oxygens (including phenoxy) is 1. The second kappa shape index (κ2) is 6.86. The van der Waals surface area contributed by atoms with Crippen LogP contribution in [0.1, 0.15) is 41.9 Å². The summed E-state index contributed by atoms with van der Waals surface area (Å²) in [5.74, 6) is 1.75. The summed E-state index contributed by atoms with van der Waals surface area (Å²) in [6.45, 7) is 5.97. The summed E-state index contributed by atoms with van der Waals surface area (Å²) in [7, 11) is 0. The Labute approximate surface area is 136 Å². The number of carbonyl (C=O) groups excluding carboxylic acids is 1. The molecule has 0 saturated heterocycles. The fourth-order valence-corrected chi connectivity index (χ4v) is 2.70. The van der Waals surface area contributed by atoms with Gasteiger partial charge in [-0.3, -0.25) is 4.79 Å². The Kier molecular flexibility index (Phi) is 4.65. The molecule has 122 valence electrons. The lowest BCUT2D eigenvalue weighted by atomic mass is 10.2. The van der Waals surface area contributed by atoms with Crippen molar-refractivity contribution < 1.29 is 13.9 Å². The highest BCUT2D eigenvalue weighted by molar-refractivity contribution is 5.96. The number of fused-ring (bicyclic) bond motifs is 1. The third kappa shape index (κ3) is 3.55. The van der Waals surface area contributed by atoms with Crippen molar-refractivity contribution in [2.75, 3.05) is 13.2 Å². The van der Waals surface area contributed by atoms with Crippen LogP contribution in [-0.4, -0.2) is 28.9 Å². The predicted molar refractivity (Wildman–Crippen MR) is 86.3 cm³/mol. The van der Waals surface area contributed by atoms with Gasteiger partial charge in [0.1, 0.15) is 11.3 Å². The topological polar surface area (TPSA) is 55.6 Å². The summed E-state index contributed by atoms with van der Waals surface area (Å²) < 4.78 is 11.2. The first kappa shape index (κ1) is 15.6. The number of furan rings is 1. The summed E-state index contributed by atoms with van der Waals surface area (Å²) in [6, 6.07) is 5.50. The number of nitrogens with zero attached hydrogens (tertiary/aromatic N) is 2. The quantitative estimate of drug-likeness (QED) is 0.869. The van der Waals surface area contributed by atoms with Crippen LogP contribution in [0.4, 0.5) is 0 Å². The lowest BCUT2D eigenvalue weighted by Gasteiger charge is -2.21. The molecule has 0 unspecified atom stereocenters. The molecule has 1 aliphatic heterocycles. The zero-order valence-electron chi connectivity index (χ0n) is 13.6. The van der Waals surface area contributed by atoms with Crippen LogP contribution in [0, 0.1) is 5.92 Å². The van der Waals surface area contributed by atoms with Crippen LogP contribution >= 0.6 is 0 Å². The molecule has 5 heteroatoms. The van der Waals surface area contributed by atoms with E-state index in [1.54, 1.807) is 24.6 Å². The highest BCUT2D eigenvalue weighted by atomic mass is 16.5. The molecule has 2 aromatic heterocycles. The summed E-state index contributed by atoms with van der Waals surface area (Å²) in [6.07, 6.45) is 5.12. The van der Waals surface area contributed by atoms with E-state index in [2.05, 4.69) is 18.8 Å². The SMILES string of the molecule is CC(C)COc1ncccc1C(=O)N1CCCc2occc2C1. The maximum Gasteiger partial charge on any atom is 0.259 e. The van der Waals surface area contributed by atoms with Crippen molar-refractivity contribution in [3.8, 4) is 5.88 Å². The number of carbonyl (C=O) groups is 1. The van der Waals surface area contributed by atoms with Gasteiger partial charge < -0.3 is 14.1 Å². The van der Waals surface area contributed by atoms with Gasteiger partial charge in [-0.1, -0.05) is 13.8 Å². The Morgan fingerprint density at radius 3 is 3.13 bits per heavy atom. The smallest absolute Gasteiger partial charge is 0.259 e. The first-order valence-electron chi connectivity index (χ1n) is 8.07. The minimum absolute atomic E-state index is 0.0362. The molecular weight excluding hydrogens is 292 g/mol. The molecule has 0 bridgehead atoms. The van der Waals surface area contributed by atoms with Crippen molar-refractivity contribution in [3.63, 3.8) is 0 Å². The summed E-state index contributed by atoms with van der Waals surface area (Å²) >= 11 is 0. The Bertz CT molecular complexity index is 678. The molecule has 23 heavy (non-hydrogen) atoms. The van der Waals surface area contributed by atoms with Crippen LogP contribution in [-0.2, 0) is 13.0 Å². The minimum Gasteiger partial charge on any atom is -0.477 e. The van der Waals surface area contributed by atoms with Crippen molar-refractivity contribution in [3.05, 3.63) is 47.5 Å². The van der Waals surface area contributed by atoms with Gasteiger partial charge in [0.05, 0.1) is 12.9 Å². The molecule has 2 aromatic rings. The Morgan fingerprint density at radius 1 is 1.43 bits per heavy atom. The second-order valence-electron chi connectivity index (χ2n) is 6.26. The molecule has 0 N–H and O–H groups in total. The molecular formula is C18H22N2O3. The van der Waals surface area contributed by atoms with E-state index >= 15 is 0 Å². The van der Waals surface area contributed by atoms with Crippen molar-refractivity contribution in [1.82, 2.24) is 9.88 Å². The molecule has 1 amide bonds. The molecule has 3 heterocycles. The average molecular weight is 314 g/mol. The van der Waals surface area contributed by atoms with Crippen LogP contribution in [0.5, 0.6) is 5.88 Å². The maximum absolute atomic E-state index is 12.9. The highest BCUT2D eigenvalue weighted by Gasteiger charge is 2.24. The molecule has 0 radical (unpaired) electrons. The number of hydrogen-bond acceptors (Lipinski definition) is 4. The first-order chi connectivity index (χ1) is 11.1. The lowest BCUT2D eigenvalue weighted by molar-refractivity contribution is 0.0739. The van der Waals surface area contributed by atoms with E-state index in [0.29, 0.717) is 37.1 Å². The van der Waals surface area contributed by atoms with Crippen molar-refractivity contribution in [2.45, 2.75) is 33.2 Å². The third-order valence-electron chi connectivity index (χ3n) is 3.87. The van der Waals surface area contributed by atoms with E-state index in [1.165, 1.54) is 0 Å². The van der Waals surface area contributed by atoms with Crippen LogP contribution in [0.2, 0.25) is 0 Å². The van der Waals surface area contributed by atoms with Gasteiger partial charge in [0.15, 0.2) is 0 Å². The second-order valence-corrected chi connectivity index (χ2v) is 6.26. The number of amides is 1. The number of rotatable bonds is 4. The molecule has 1 aliphatic rings. The van der Waals surface area contributed by atoms with Crippen LogP contribution < -0.4 is 4.74 Å². The fourth-order valence-electron chi connectivity index (χ4n) is 2.70. The predicted octanol–water partition coefficient (Wildman–Crippen LogP) is 3.30. The molecule has 0 aromatic carbocycles. The molecule has 0 atom stereocenters. The molecule has 5 nitrogen and oxygen atoms in total. The van der Waals surface area contributed by atoms with Crippen molar-refractivity contribution >= 4 is 5.91 Å². The van der Waals surface area contributed by atoms with Crippen molar-refractivity contribution in [2.24, 2.45) is 5.92 Å². The lowest BCUT2D eigenvalue weighted by Crippen LogP contribution is -2.31. The van der Waals surface area contributed by atoms with E-state index in [4.69, 9.17) is 9.15 Å². The highest BCUT2D eigenvalue weighted by Crippen LogP contribution is 2.23. The number of pyridine rings is 1.